The molecule has 3 aromatic rings. The molecule has 0 aliphatic rings. The molecule has 2 aromatic carbocycles. The molecule has 0 spiro atoms. The lowest BCUT2D eigenvalue weighted by atomic mass is 10.1. The minimum absolute atomic E-state index is 0.205. The fourth-order valence-corrected chi connectivity index (χ4v) is 2.79. The maximum Gasteiger partial charge on any atom is 0.313 e. The highest BCUT2D eigenvalue weighted by Crippen LogP contribution is 2.15. The summed E-state index contributed by atoms with van der Waals surface area (Å²) < 4.78 is 0. The number of nitrogens with zero attached hydrogens (tertiary/aromatic N) is 1. The molecule has 0 radical (unpaired) electrons. The van der Waals surface area contributed by atoms with E-state index in [9.17, 15) is 14.4 Å². The molecule has 7 nitrogen and oxygen atoms in total. The molecule has 0 aliphatic heterocycles. The van der Waals surface area contributed by atoms with Crippen LogP contribution in [-0.4, -0.2) is 29.3 Å². The van der Waals surface area contributed by atoms with Crippen molar-refractivity contribution in [2.45, 2.75) is 13.0 Å². The molecule has 30 heavy (non-hydrogen) atoms. The molecule has 1 heterocycles. The van der Waals surface area contributed by atoms with Crippen LogP contribution in [-0.2, 0) is 22.6 Å². The van der Waals surface area contributed by atoms with Crippen LogP contribution in [0.3, 0.4) is 0 Å². The summed E-state index contributed by atoms with van der Waals surface area (Å²) in [5.74, 6) is -1.95. The van der Waals surface area contributed by atoms with E-state index in [2.05, 4.69) is 20.9 Å². The van der Waals surface area contributed by atoms with E-state index in [4.69, 9.17) is 0 Å². The number of benzene rings is 2. The van der Waals surface area contributed by atoms with E-state index >= 15 is 0 Å². The first-order valence-electron chi connectivity index (χ1n) is 9.53. The fourth-order valence-electron chi connectivity index (χ4n) is 2.79. The Morgan fingerprint density at radius 1 is 0.733 bits per heavy atom. The molecule has 3 rings (SSSR count). The second-order valence-corrected chi connectivity index (χ2v) is 6.53. The van der Waals surface area contributed by atoms with E-state index in [-0.39, 0.29) is 18.1 Å². The zero-order valence-corrected chi connectivity index (χ0v) is 16.3. The van der Waals surface area contributed by atoms with E-state index in [1.165, 1.54) is 0 Å². The SMILES string of the molecule is O=C(NCc1ccncc1)C(=O)Nc1ccccc1C(=O)NCCc1ccccc1. The molecular formula is C23H22N4O3. The highest BCUT2D eigenvalue weighted by atomic mass is 16.2. The average Bonchev–Trinajstić information content (AvgIpc) is 2.79. The van der Waals surface area contributed by atoms with Crippen molar-refractivity contribution in [3.8, 4) is 0 Å². The number of anilines is 1. The van der Waals surface area contributed by atoms with Crippen LogP contribution in [0.15, 0.2) is 79.1 Å². The third kappa shape index (κ3) is 6.00. The van der Waals surface area contributed by atoms with Crippen LogP contribution in [0.4, 0.5) is 5.69 Å². The molecule has 0 saturated heterocycles. The summed E-state index contributed by atoms with van der Waals surface area (Å²) in [4.78, 5) is 40.8. The van der Waals surface area contributed by atoms with Gasteiger partial charge in [-0.3, -0.25) is 19.4 Å². The van der Waals surface area contributed by atoms with Gasteiger partial charge in [0.25, 0.3) is 5.91 Å². The highest BCUT2D eigenvalue weighted by Gasteiger charge is 2.17. The number of para-hydroxylation sites is 1. The van der Waals surface area contributed by atoms with Crippen molar-refractivity contribution in [3.05, 3.63) is 95.8 Å². The van der Waals surface area contributed by atoms with Gasteiger partial charge >= 0.3 is 11.8 Å². The minimum Gasteiger partial charge on any atom is -0.352 e. The van der Waals surface area contributed by atoms with Gasteiger partial charge in [-0.1, -0.05) is 42.5 Å². The molecular weight excluding hydrogens is 380 g/mol. The van der Waals surface area contributed by atoms with Crippen LogP contribution in [0.5, 0.6) is 0 Å². The number of carbonyl (C=O) groups excluding carboxylic acids is 3. The zero-order chi connectivity index (χ0) is 21.2. The second kappa shape index (κ2) is 10.5. The smallest absolute Gasteiger partial charge is 0.313 e. The number of hydrogen-bond acceptors (Lipinski definition) is 4. The van der Waals surface area contributed by atoms with Crippen molar-refractivity contribution in [1.82, 2.24) is 15.6 Å². The number of pyridine rings is 1. The van der Waals surface area contributed by atoms with E-state index in [0.717, 1.165) is 11.1 Å². The first kappa shape index (κ1) is 20.7. The van der Waals surface area contributed by atoms with Gasteiger partial charge in [0, 0.05) is 25.5 Å². The first-order chi connectivity index (χ1) is 14.6. The molecule has 3 N–H and O–H groups in total. The zero-order valence-electron chi connectivity index (χ0n) is 16.3. The summed E-state index contributed by atoms with van der Waals surface area (Å²) in [6.45, 7) is 0.661. The molecule has 0 aliphatic carbocycles. The van der Waals surface area contributed by atoms with Gasteiger partial charge in [0.2, 0.25) is 0 Å². The monoisotopic (exact) mass is 402 g/mol. The summed E-state index contributed by atoms with van der Waals surface area (Å²) >= 11 is 0. The van der Waals surface area contributed by atoms with Crippen LogP contribution in [0.1, 0.15) is 21.5 Å². The number of carbonyl (C=O) groups is 3. The van der Waals surface area contributed by atoms with Crippen LogP contribution in [0.25, 0.3) is 0 Å². The van der Waals surface area contributed by atoms with Crippen molar-refractivity contribution in [1.29, 1.82) is 0 Å². The number of nitrogens with one attached hydrogen (secondary N) is 3. The predicted octanol–water partition coefficient (Wildman–Crippen LogP) is 2.31. The predicted molar refractivity (Wildman–Crippen MR) is 114 cm³/mol. The minimum atomic E-state index is -0.839. The van der Waals surface area contributed by atoms with E-state index < -0.39 is 11.8 Å². The molecule has 0 fully saturated rings. The number of amides is 3. The summed E-state index contributed by atoms with van der Waals surface area (Å²) in [6.07, 6.45) is 3.90. The molecule has 1 aromatic heterocycles. The Bertz CT molecular complexity index is 1010. The van der Waals surface area contributed by atoms with E-state index in [1.54, 1.807) is 48.8 Å². The van der Waals surface area contributed by atoms with E-state index in [0.29, 0.717) is 18.5 Å². The topological polar surface area (TPSA) is 100 Å². The molecule has 0 saturated carbocycles. The van der Waals surface area contributed by atoms with Crippen molar-refractivity contribution < 1.29 is 14.4 Å². The van der Waals surface area contributed by atoms with Gasteiger partial charge in [0.05, 0.1) is 11.3 Å². The fraction of sp³-hybridized carbons (Fsp3) is 0.130. The van der Waals surface area contributed by atoms with Crippen molar-refractivity contribution in [2.24, 2.45) is 0 Å². The Balaban J connectivity index is 1.55. The lowest BCUT2D eigenvalue weighted by Crippen LogP contribution is -2.35. The number of aromatic nitrogens is 1. The van der Waals surface area contributed by atoms with Gasteiger partial charge in [-0.25, -0.2) is 0 Å². The van der Waals surface area contributed by atoms with Gasteiger partial charge < -0.3 is 16.0 Å². The largest absolute Gasteiger partial charge is 0.352 e. The van der Waals surface area contributed by atoms with Crippen molar-refractivity contribution in [2.75, 3.05) is 11.9 Å². The Labute approximate surface area is 174 Å². The lowest BCUT2D eigenvalue weighted by Gasteiger charge is -2.11. The molecule has 0 unspecified atom stereocenters. The van der Waals surface area contributed by atoms with Crippen LogP contribution in [0.2, 0.25) is 0 Å². The third-order valence-corrected chi connectivity index (χ3v) is 4.37. The second-order valence-electron chi connectivity index (χ2n) is 6.53. The summed E-state index contributed by atoms with van der Waals surface area (Å²) in [5.41, 5.74) is 2.51. The maximum absolute atomic E-state index is 12.5. The Kier molecular flexibility index (Phi) is 7.27. The van der Waals surface area contributed by atoms with Crippen LogP contribution < -0.4 is 16.0 Å². The molecule has 0 bridgehead atoms. The number of hydrogen-bond donors (Lipinski definition) is 3. The average molecular weight is 402 g/mol. The van der Waals surface area contributed by atoms with Crippen LogP contribution in [0, 0.1) is 0 Å². The molecule has 152 valence electrons. The van der Waals surface area contributed by atoms with Gasteiger partial charge in [0.1, 0.15) is 0 Å². The van der Waals surface area contributed by atoms with Gasteiger partial charge in [0.15, 0.2) is 0 Å². The lowest BCUT2D eigenvalue weighted by molar-refractivity contribution is -0.136. The Hall–Kier alpha value is -4.00. The molecule has 3 amide bonds. The molecule has 7 heteroatoms. The maximum atomic E-state index is 12.5. The standard InChI is InChI=1S/C23H22N4O3/c28-21(25-15-12-17-6-2-1-3-7-17)19-8-4-5-9-20(19)27-23(30)22(29)26-16-18-10-13-24-14-11-18/h1-11,13-14H,12,15-16H2,(H,25,28)(H,26,29)(H,27,30). The van der Waals surface area contributed by atoms with Crippen molar-refractivity contribution in [3.63, 3.8) is 0 Å². The highest BCUT2D eigenvalue weighted by molar-refractivity contribution is 6.40. The summed E-state index contributed by atoms with van der Waals surface area (Å²) in [5, 5.41) is 7.89. The normalized spacial score (nSPS) is 10.1. The quantitative estimate of drug-likeness (QED) is 0.528. The Morgan fingerprint density at radius 2 is 1.43 bits per heavy atom. The summed E-state index contributed by atoms with van der Waals surface area (Å²) in [6, 6.07) is 19.9. The third-order valence-electron chi connectivity index (χ3n) is 4.37. The van der Waals surface area contributed by atoms with Gasteiger partial charge in [-0.2, -0.15) is 0 Å². The van der Waals surface area contributed by atoms with Gasteiger partial charge in [-0.15, -0.1) is 0 Å². The summed E-state index contributed by atoms with van der Waals surface area (Å²) in [7, 11) is 0. The number of rotatable bonds is 7. The molecule has 0 atom stereocenters. The van der Waals surface area contributed by atoms with Crippen LogP contribution >= 0.6 is 0 Å². The van der Waals surface area contributed by atoms with E-state index in [1.807, 2.05) is 30.3 Å². The van der Waals surface area contributed by atoms with Crippen molar-refractivity contribution >= 4 is 23.4 Å². The Morgan fingerprint density at radius 3 is 2.20 bits per heavy atom. The van der Waals surface area contributed by atoms with Gasteiger partial charge in [-0.05, 0) is 41.8 Å². The first-order valence-corrected chi connectivity index (χ1v) is 9.53.